The maximum Gasteiger partial charge on any atom is 0.224 e. The Kier molecular flexibility index (Phi) is 9.27. The fraction of sp³-hybridized carbons (Fsp3) is 0.654. The van der Waals surface area contributed by atoms with Gasteiger partial charge in [0.05, 0.1) is 23.1 Å². The number of allylic oxidation sites excluding steroid dienone is 1. The minimum absolute atomic E-state index is 0.261. The SMILES string of the molecule is C/C=C\c1nc(-c2c(C)nc(NCC3CC3)nc2NC2CCC(C(C)O)C2)sc1CC.CC. The molecule has 3 atom stereocenters. The molecule has 2 saturated carbocycles. The van der Waals surface area contributed by atoms with E-state index < -0.39 is 0 Å². The molecule has 4 rings (SSSR count). The number of aliphatic hydroxyl groups is 1. The fourth-order valence-corrected chi connectivity index (χ4v) is 5.45. The van der Waals surface area contributed by atoms with E-state index in [-0.39, 0.29) is 6.10 Å². The van der Waals surface area contributed by atoms with Gasteiger partial charge in [0.25, 0.3) is 0 Å². The number of hydrogen-bond donors (Lipinski definition) is 3. The first kappa shape index (κ1) is 25.6. The highest BCUT2D eigenvalue weighted by Crippen LogP contribution is 2.38. The molecule has 0 aliphatic heterocycles. The van der Waals surface area contributed by atoms with Crippen LogP contribution in [0.4, 0.5) is 11.8 Å². The van der Waals surface area contributed by atoms with Gasteiger partial charge < -0.3 is 15.7 Å². The van der Waals surface area contributed by atoms with Crippen molar-refractivity contribution in [3.63, 3.8) is 0 Å². The van der Waals surface area contributed by atoms with Crippen molar-refractivity contribution in [2.45, 2.75) is 92.2 Å². The second kappa shape index (κ2) is 11.9. The summed E-state index contributed by atoms with van der Waals surface area (Å²) in [5.41, 5.74) is 3.00. The molecule has 0 bridgehead atoms. The predicted octanol–water partition coefficient (Wildman–Crippen LogP) is 6.31. The molecule has 3 N–H and O–H groups in total. The van der Waals surface area contributed by atoms with Crippen LogP contribution in [-0.2, 0) is 6.42 Å². The van der Waals surface area contributed by atoms with Gasteiger partial charge in [-0.05, 0) is 77.2 Å². The molecule has 0 amide bonds. The molecule has 182 valence electrons. The Morgan fingerprint density at radius 1 is 1.15 bits per heavy atom. The fourth-order valence-electron chi connectivity index (χ4n) is 4.36. The molecule has 33 heavy (non-hydrogen) atoms. The van der Waals surface area contributed by atoms with Gasteiger partial charge in [-0.15, -0.1) is 11.3 Å². The number of hydrogen-bond acceptors (Lipinski definition) is 7. The molecule has 2 aliphatic rings. The van der Waals surface area contributed by atoms with E-state index in [1.807, 2.05) is 33.8 Å². The van der Waals surface area contributed by atoms with Crippen LogP contribution >= 0.6 is 11.3 Å². The van der Waals surface area contributed by atoms with Gasteiger partial charge in [-0.25, -0.2) is 9.97 Å². The summed E-state index contributed by atoms with van der Waals surface area (Å²) in [7, 11) is 0. The Bertz CT molecular complexity index is 935. The van der Waals surface area contributed by atoms with Gasteiger partial charge in [0.2, 0.25) is 5.95 Å². The molecular formula is C26H41N5OS. The zero-order valence-electron chi connectivity index (χ0n) is 21.1. The Hall–Kier alpha value is -1.99. The van der Waals surface area contributed by atoms with Crippen molar-refractivity contribution >= 4 is 29.2 Å². The number of nitrogens with zero attached hydrogens (tertiary/aromatic N) is 3. The summed E-state index contributed by atoms with van der Waals surface area (Å²) in [6.07, 6.45) is 10.5. The second-order valence-corrected chi connectivity index (χ2v) is 10.1. The highest BCUT2D eigenvalue weighted by Gasteiger charge is 2.30. The van der Waals surface area contributed by atoms with Gasteiger partial charge >= 0.3 is 0 Å². The van der Waals surface area contributed by atoms with Crippen molar-refractivity contribution < 1.29 is 5.11 Å². The van der Waals surface area contributed by atoms with Crippen molar-refractivity contribution in [2.24, 2.45) is 11.8 Å². The van der Waals surface area contributed by atoms with Crippen LogP contribution in [0.1, 0.15) is 83.0 Å². The molecule has 0 radical (unpaired) electrons. The highest BCUT2D eigenvalue weighted by molar-refractivity contribution is 7.15. The zero-order valence-corrected chi connectivity index (χ0v) is 21.9. The first-order valence-electron chi connectivity index (χ1n) is 12.7. The second-order valence-electron chi connectivity index (χ2n) is 9.02. The summed E-state index contributed by atoms with van der Waals surface area (Å²) in [6, 6.07) is 0.310. The molecule has 2 aromatic rings. The van der Waals surface area contributed by atoms with E-state index in [1.54, 1.807) is 11.3 Å². The first-order valence-corrected chi connectivity index (χ1v) is 13.5. The lowest BCUT2D eigenvalue weighted by Crippen LogP contribution is -2.21. The predicted molar refractivity (Wildman–Crippen MR) is 141 cm³/mol. The summed E-state index contributed by atoms with van der Waals surface area (Å²) in [5.74, 6) is 2.67. The molecular weight excluding hydrogens is 430 g/mol. The highest BCUT2D eigenvalue weighted by atomic mass is 32.1. The molecule has 0 aromatic carbocycles. The molecule has 2 aromatic heterocycles. The topological polar surface area (TPSA) is 83.0 Å². The van der Waals surface area contributed by atoms with Crippen LogP contribution in [0.3, 0.4) is 0 Å². The van der Waals surface area contributed by atoms with Crippen LogP contribution in [0.25, 0.3) is 16.6 Å². The van der Waals surface area contributed by atoms with Crippen molar-refractivity contribution in [1.29, 1.82) is 0 Å². The lowest BCUT2D eigenvalue weighted by molar-refractivity contribution is 0.128. The smallest absolute Gasteiger partial charge is 0.224 e. The van der Waals surface area contributed by atoms with Crippen LogP contribution in [0, 0.1) is 18.8 Å². The lowest BCUT2D eigenvalue weighted by atomic mass is 10.0. The molecule has 0 saturated heterocycles. The third kappa shape index (κ3) is 6.54. The van der Waals surface area contributed by atoms with Gasteiger partial charge in [-0.2, -0.15) is 4.98 Å². The zero-order chi connectivity index (χ0) is 24.0. The summed E-state index contributed by atoms with van der Waals surface area (Å²) in [5, 5.41) is 18.1. The van der Waals surface area contributed by atoms with E-state index in [4.69, 9.17) is 15.0 Å². The average molecular weight is 472 g/mol. The Labute approximate surface area is 203 Å². The number of nitrogens with one attached hydrogen (secondary N) is 2. The van der Waals surface area contributed by atoms with E-state index >= 15 is 0 Å². The number of aromatic nitrogens is 3. The van der Waals surface area contributed by atoms with Crippen molar-refractivity contribution in [3.8, 4) is 10.6 Å². The Balaban J connectivity index is 0.00000149. The van der Waals surface area contributed by atoms with Crippen LogP contribution < -0.4 is 10.6 Å². The Morgan fingerprint density at radius 3 is 2.52 bits per heavy atom. The van der Waals surface area contributed by atoms with Crippen LogP contribution in [0.2, 0.25) is 0 Å². The number of rotatable bonds is 9. The third-order valence-corrected chi connectivity index (χ3v) is 7.65. The monoisotopic (exact) mass is 471 g/mol. The van der Waals surface area contributed by atoms with E-state index in [9.17, 15) is 5.11 Å². The maximum atomic E-state index is 10.0. The van der Waals surface area contributed by atoms with Crippen molar-refractivity contribution in [3.05, 3.63) is 22.3 Å². The van der Waals surface area contributed by atoms with Gasteiger partial charge in [0.15, 0.2) is 0 Å². The molecule has 2 fully saturated rings. The summed E-state index contributed by atoms with van der Waals surface area (Å²) in [4.78, 5) is 15.9. The lowest BCUT2D eigenvalue weighted by Gasteiger charge is -2.19. The normalized spacial score (nSPS) is 21.1. The largest absolute Gasteiger partial charge is 0.393 e. The molecule has 7 heteroatoms. The van der Waals surface area contributed by atoms with E-state index in [0.717, 1.165) is 65.9 Å². The minimum atomic E-state index is -0.261. The number of aliphatic hydroxyl groups excluding tert-OH is 1. The van der Waals surface area contributed by atoms with Crippen LogP contribution in [-0.4, -0.2) is 38.7 Å². The third-order valence-electron chi connectivity index (χ3n) is 6.42. The first-order chi connectivity index (χ1) is 16.0. The van der Waals surface area contributed by atoms with E-state index in [2.05, 4.69) is 30.6 Å². The van der Waals surface area contributed by atoms with E-state index in [0.29, 0.717) is 17.9 Å². The molecule has 0 spiro atoms. The Morgan fingerprint density at radius 2 is 1.91 bits per heavy atom. The standard InChI is InChI=1S/C24H35N5OS.C2H6/c1-5-7-19-20(6-2)31-23(28-19)21-14(3)26-24(25-13-16-8-9-16)29-22(21)27-18-11-10-17(12-18)15(4)30;1-2/h5,7,15-18,30H,6,8-13H2,1-4H3,(H2,25,26,27,29);1-2H3/b7-5-;. The summed E-state index contributed by atoms with van der Waals surface area (Å²) in [6.45, 7) is 13.1. The van der Waals surface area contributed by atoms with Crippen LogP contribution in [0.5, 0.6) is 0 Å². The van der Waals surface area contributed by atoms with Crippen molar-refractivity contribution in [1.82, 2.24) is 15.0 Å². The number of anilines is 2. The van der Waals surface area contributed by atoms with Gasteiger partial charge in [-0.3, -0.25) is 0 Å². The number of thiazole rings is 1. The minimum Gasteiger partial charge on any atom is -0.393 e. The number of aryl methyl sites for hydroxylation is 2. The van der Waals surface area contributed by atoms with Crippen molar-refractivity contribution in [2.75, 3.05) is 17.2 Å². The van der Waals surface area contributed by atoms with Crippen LogP contribution in [0.15, 0.2) is 6.08 Å². The molecule has 6 nitrogen and oxygen atoms in total. The van der Waals surface area contributed by atoms with Gasteiger partial charge in [0.1, 0.15) is 10.8 Å². The maximum absolute atomic E-state index is 10.0. The average Bonchev–Trinajstić information content (AvgIpc) is 3.37. The molecule has 2 aliphatic carbocycles. The van der Waals surface area contributed by atoms with Gasteiger partial charge in [-0.1, -0.05) is 26.8 Å². The quantitative estimate of drug-likeness (QED) is 0.397. The summed E-state index contributed by atoms with van der Waals surface area (Å²) >= 11 is 1.74. The molecule has 3 unspecified atom stereocenters. The van der Waals surface area contributed by atoms with Gasteiger partial charge in [0, 0.05) is 17.5 Å². The summed E-state index contributed by atoms with van der Waals surface area (Å²) < 4.78 is 0. The molecule has 2 heterocycles. The van der Waals surface area contributed by atoms with E-state index in [1.165, 1.54) is 17.7 Å².